The number of nitrogens with zero attached hydrogens (tertiary/aromatic N) is 3. The molecule has 1 atom stereocenters. The summed E-state index contributed by atoms with van der Waals surface area (Å²) in [5, 5.41) is 2.86. The van der Waals surface area contributed by atoms with Crippen LogP contribution in [0.2, 0.25) is 0 Å². The highest BCUT2D eigenvalue weighted by atomic mass is 32.2. The molecule has 8 nitrogen and oxygen atoms in total. The molecule has 0 unspecified atom stereocenters. The second-order valence-corrected chi connectivity index (χ2v) is 11.0. The number of fused-ring (bicyclic) bond motifs is 1. The molecule has 0 radical (unpaired) electrons. The Labute approximate surface area is 177 Å². The van der Waals surface area contributed by atoms with E-state index in [9.17, 15) is 18.0 Å². The summed E-state index contributed by atoms with van der Waals surface area (Å²) in [5.74, 6) is 0.0662. The predicted octanol–water partition coefficient (Wildman–Crippen LogP) is 1.16. The Morgan fingerprint density at radius 3 is 2.47 bits per heavy atom. The van der Waals surface area contributed by atoms with Gasteiger partial charge in [0, 0.05) is 26.2 Å². The summed E-state index contributed by atoms with van der Waals surface area (Å²) in [5.41, 5.74) is 1.62. The number of piperazine rings is 1. The van der Waals surface area contributed by atoms with E-state index in [1.807, 2.05) is 24.0 Å². The summed E-state index contributed by atoms with van der Waals surface area (Å²) in [6, 6.07) is 5.15. The van der Waals surface area contributed by atoms with Gasteiger partial charge in [0.1, 0.15) is 5.54 Å². The lowest BCUT2D eigenvalue weighted by atomic mass is 9.96. The number of hydrogen-bond donors (Lipinski definition) is 1. The lowest BCUT2D eigenvalue weighted by molar-refractivity contribution is -0.133. The molecule has 2 aliphatic heterocycles. The highest BCUT2D eigenvalue weighted by Gasteiger charge is 2.56. The topological polar surface area (TPSA) is 90.0 Å². The number of amides is 3. The van der Waals surface area contributed by atoms with Crippen LogP contribution in [0.25, 0.3) is 0 Å². The number of imide groups is 1. The molecule has 3 amide bonds. The Kier molecular flexibility index (Phi) is 4.68. The molecular weight excluding hydrogens is 404 g/mol. The number of rotatable bonds is 5. The Balaban J connectivity index is 1.22. The second-order valence-electron chi connectivity index (χ2n) is 9.09. The summed E-state index contributed by atoms with van der Waals surface area (Å²) < 4.78 is 27.7. The Morgan fingerprint density at radius 2 is 1.77 bits per heavy atom. The molecule has 2 heterocycles. The first kappa shape index (κ1) is 20.0. The number of sulfonamides is 1. The van der Waals surface area contributed by atoms with E-state index in [-0.39, 0.29) is 24.5 Å². The molecule has 3 fully saturated rings. The van der Waals surface area contributed by atoms with E-state index >= 15 is 0 Å². The highest BCUT2D eigenvalue weighted by Crippen LogP contribution is 2.42. The van der Waals surface area contributed by atoms with Crippen LogP contribution in [-0.4, -0.2) is 72.8 Å². The minimum atomic E-state index is -3.53. The first-order valence-corrected chi connectivity index (χ1v) is 12.2. The van der Waals surface area contributed by atoms with Gasteiger partial charge in [-0.2, -0.15) is 4.31 Å². The van der Waals surface area contributed by atoms with E-state index in [0.29, 0.717) is 31.1 Å². The highest BCUT2D eigenvalue weighted by molar-refractivity contribution is 7.89. The first-order chi connectivity index (χ1) is 14.3. The van der Waals surface area contributed by atoms with Crippen molar-refractivity contribution in [3.8, 4) is 0 Å². The fourth-order valence-corrected chi connectivity index (χ4v) is 6.42. The van der Waals surface area contributed by atoms with Crippen molar-refractivity contribution in [3.05, 3.63) is 29.3 Å². The molecule has 0 spiro atoms. The zero-order chi connectivity index (χ0) is 21.1. The molecule has 4 aliphatic rings. The van der Waals surface area contributed by atoms with Crippen LogP contribution >= 0.6 is 0 Å². The number of urea groups is 1. The van der Waals surface area contributed by atoms with Crippen LogP contribution < -0.4 is 5.32 Å². The van der Waals surface area contributed by atoms with Crippen molar-refractivity contribution < 1.29 is 18.0 Å². The number of carbonyl (C=O) groups excluding carboxylic acids is 2. The maximum atomic E-state index is 13.1. The van der Waals surface area contributed by atoms with Gasteiger partial charge in [0.25, 0.3) is 5.91 Å². The molecule has 0 aromatic heterocycles. The molecule has 162 valence electrons. The predicted molar refractivity (Wildman–Crippen MR) is 110 cm³/mol. The van der Waals surface area contributed by atoms with Gasteiger partial charge < -0.3 is 5.32 Å². The average molecular weight is 433 g/mol. The zero-order valence-corrected chi connectivity index (χ0v) is 18.1. The molecule has 1 N–H and O–H groups in total. The maximum absolute atomic E-state index is 13.1. The van der Waals surface area contributed by atoms with Crippen LogP contribution in [0.5, 0.6) is 0 Å². The monoisotopic (exact) mass is 432 g/mol. The average Bonchev–Trinajstić information content (AvgIpc) is 3.45. The third-order valence-corrected chi connectivity index (χ3v) is 8.97. The van der Waals surface area contributed by atoms with Crippen molar-refractivity contribution >= 4 is 22.0 Å². The van der Waals surface area contributed by atoms with E-state index in [1.165, 1.54) is 14.8 Å². The Bertz CT molecular complexity index is 998. The molecule has 30 heavy (non-hydrogen) atoms. The lowest BCUT2D eigenvalue weighted by Gasteiger charge is -2.35. The van der Waals surface area contributed by atoms with Crippen LogP contribution in [0.1, 0.15) is 37.3 Å². The van der Waals surface area contributed by atoms with Crippen molar-refractivity contribution in [1.82, 2.24) is 19.4 Å². The van der Waals surface area contributed by atoms with E-state index in [4.69, 9.17) is 0 Å². The van der Waals surface area contributed by atoms with Gasteiger partial charge in [0.15, 0.2) is 0 Å². The van der Waals surface area contributed by atoms with Crippen molar-refractivity contribution in [1.29, 1.82) is 0 Å². The first-order valence-electron chi connectivity index (χ1n) is 10.8. The quantitative estimate of drug-likeness (QED) is 0.706. The van der Waals surface area contributed by atoms with E-state index < -0.39 is 15.6 Å². The van der Waals surface area contributed by atoms with Gasteiger partial charge in [-0.05, 0) is 68.2 Å². The molecule has 5 rings (SSSR count). The Morgan fingerprint density at radius 1 is 1.07 bits per heavy atom. The molecule has 0 bridgehead atoms. The Hall–Kier alpha value is -1.97. The van der Waals surface area contributed by atoms with Crippen LogP contribution in [0.15, 0.2) is 23.1 Å². The number of hydrogen-bond acceptors (Lipinski definition) is 5. The van der Waals surface area contributed by atoms with Gasteiger partial charge >= 0.3 is 6.03 Å². The van der Waals surface area contributed by atoms with Gasteiger partial charge in [0.2, 0.25) is 10.0 Å². The van der Waals surface area contributed by atoms with E-state index in [2.05, 4.69) is 5.32 Å². The lowest BCUT2D eigenvalue weighted by Crippen LogP contribution is -2.53. The summed E-state index contributed by atoms with van der Waals surface area (Å²) in [4.78, 5) is 28.8. The fourth-order valence-electron chi connectivity index (χ4n) is 4.95. The second kappa shape index (κ2) is 7.03. The van der Waals surface area contributed by atoms with E-state index in [1.54, 1.807) is 6.07 Å². The number of carbonyl (C=O) groups is 2. The third-order valence-electron chi connectivity index (χ3n) is 7.08. The number of aryl methyl sites for hydroxylation is 2. The molecule has 1 saturated carbocycles. The molecular formula is C21H28N4O4S. The van der Waals surface area contributed by atoms with Gasteiger partial charge in [-0.1, -0.05) is 6.07 Å². The van der Waals surface area contributed by atoms with Crippen LogP contribution in [0.4, 0.5) is 4.79 Å². The smallest absolute Gasteiger partial charge is 0.323 e. The van der Waals surface area contributed by atoms with Crippen molar-refractivity contribution in [2.75, 3.05) is 32.8 Å². The molecule has 2 saturated heterocycles. The largest absolute Gasteiger partial charge is 0.326 e. The third kappa shape index (κ3) is 3.23. The van der Waals surface area contributed by atoms with Gasteiger partial charge in [-0.25, -0.2) is 18.1 Å². The summed E-state index contributed by atoms with van der Waals surface area (Å²) in [7, 11) is -3.53. The SMILES string of the molecule is C[C@]1(C2CC2)NC(=O)N(CN2CCN(S(=O)(=O)c3ccc4c(c3)CCC4)CC2)C1=O. The van der Waals surface area contributed by atoms with Crippen LogP contribution in [0, 0.1) is 5.92 Å². The number of benzene rings is 1. The van der Waals surface area contributed by atoms with Crippen molar-refractivity contribution in [2.24, 2.45) is 5.92 Å². The zero-order valence-electron chi connectivity index (χ0n) is 17.3. The summed E-state index contributed by atoms with van der Waals surface area (Å²) in [6.45, 7) is 3.69. The van der Waals surface area contributed by atoms with Gasteiger partial charge in [-0.3, -0.25) is 9.69 Å². The van der Waals surface area contributed by atoms with E-state index in [0.717, 1.165) is 37.7 Å². The van der Waals surface area contributed by atoms with Gasteiger partial charge in [-0.15, -0.1) is 0 Å². The normalized spacial score (nSPS) is 28.1. The van der Waals surface area contributed by atoms with Crippen molar-refractivity contribution in [2.45, 2.75) is 49.5 Å². The molecule has 9 heteroatoms. The minimum absolute atomic E-state index is 0.164. The fraction of sp³-hybridized carbons (Fsp3) is 0.619. The molecule has 1 aromatic rings. The van der Waals surface area contributed by atoms with Crippen molar-refractivity contribution in [3.63, 3.8) is 0 Å². The van der Waals surface area contributed by atoms with Gasteiger partial charge in [0.05, 0.1) is 11.6 Å². The summed E-state index contributed by atoms with van der Waals surface area (Å²) >= 11 is 0. The molecule has 2 aliphatic carbocycles. The summed E-state index contributed by atoms with van der Waals surface area (Å²) in [6.07, 6.45) is 4.99. The maximum Gasteiger partial charge on any atom is 0.326 e. The van der Waals surface area contributed by atoms with Crippen LogP contribution in [0.3, 0.4) is 0 Å². The standard InChI is InChI=1S/C21H28N4O4S/c1-21(17-6-7-17)19(26)25(20(27)22-21)14-23-9-11-24(12-10-23)30(28,29)18-8-5-15-3-2-4-16(15)13-18/h5,8,13,17H,2-4,6-7,9-12,14H2,1H3,(H,22,27)/t21-/m1/s1. The number of nitrogens with one attached hydrogen (secondary N) is 1. The minimum Gasteiger partial charge on any atom is -0.323 e. The molecule has 1 aromatic carbocycles. The van der Waals surface area contributed by atoms with Crippen LogP contribution in [-0.2, 0) is 27.7 Å².